The van der Waals surface area contributed by atoms with Crippen LogP contribution in [-0.4, -0.2) is 33.9 Å². The van der Waals surface area contributed by atoms with Crippen molar-refractivity contribution in [3.63, 3.8) is 0 Å². The summed E-state index contributed by atoms with van der Waals surface area (Å²) in [5.74, 6) is 0.0765. The van der Waals surface area contributed by atoms with Crippen LogP contribution in [0.1, 0.15) is 42.5 Å². The van der Waals surface area contributed by atoms with Gasteiger partial charge in [-0.2, -0.15) is 5.10 Å². The smallest absolute Gasteiger partial charge is 0.253 e. The summed E-state index contributed by atoms with van der Waals surface area (Å²) in [6.45, 7) is 0.138. The fraction of sp³-hybridized carbons (Fsp3) is 0.500. The van der Waals surface area contributed by atoms with Crippen molar-refractivity contribution in [3.8, 4) is 0 Å². The number of hydrogen-bond donors (Lipinski definition) is 3. The molecule has 0 aliphatic heterocycles. The zero-order valence-electron chi connectivity index (χ0n) is 12.0. The molecule has 1 aromatic heterocycles. The molecule has 5 heteroatoms. The van der Waals surface area contributed by atoms with Crippen molar-refractivity contribution in [1.82, 2.24) is 15.5 Å². The molecule has 3 rings (SSSR count). The molecule has 1 fully saturated rings. The van der Waals surface area contributed by atoms with Crippen LogP contribution in [0.2, 0.25) is 0 Å². The quantitative estimate of drug-likeness (QED) is 0.758. The molecular weight excluding hydrogens is 266 g/mol. The lowest BCUT2D eigenvalue weighted by Crippen LogP contribution is -2.41. The second-order valence-corrected chi connectivity index (χ2v) is 5.80. The number of aromatic nitrogens is 2. The summed E-state index contributed by atoms with van der Waals surface area (Å²) in [6, 6.07) is 5.66. The number of para-hydroxylation sites is 1. The average Bonchev–Trinajstić information content (AvgIpc) is 2.87. The molecule has 0 saturated heterocycles. The molecule has 5 nitrogen and oxygen atoms in total. The van der Waals surface area contributed by atoms with Gasteiger partial charge in [-0.15, -0.1) is 0 Å². The van der Waals surface area contributed by atoms with Crippen molar-refractivity contribution < 1.29 is 9.90 Å². The van der Waals surface area contributed by atoms with Crippen LogP contribution < -0.4 is 5.32 Å². The number of carbonyl (C=O) groups is 1. The first-order chi connectivity index (χ1) is 10.3. The standard InChI is InChI=1S/C16H21N3O2/c20-10-12-5-2-1-3-8-14(12)18-16(21)13-7-4-6-11-9-17-19-15(11)13/h4,6-7,9,12,14,20H,1-3,5,8,10H2,(H,17,19)(H,18,21). The molecule has 21 heavy (non-hydrogen) atoms. The number of benzene rings is 1. The van der Waals surface area contributed by atoms with Crippen molar-refractivity contribution in [2.24, 2.45) is 5.92 Å². The van der Waals surface area contributed by atoms with E-state index in [0.29, 0.717) is 5.56 Å². The maximum Gasteiger partial charge on any atom is 0.253 e. The Hall–Kier alpha value is -1.88. The molecule has 0 bridgehead atoms. The number of amides is 1. The van der Waals surface area contributed by atoms with Crippen LogP contribution in [0.5, 0.6) is 0 Å². The second kappa shape index (κ2) is 6.26. The molecule has 1 aliphatic carbocycles. The number of aliphatic hydroxyl groups excluding tert-OH is 1. The molecule has 1 saturated carbocycles. The van der Waals surface area contributed by atoms with Crippen LogP contribution >= 0.6 is 0 Å². The van der Waals surface area contributed by atoms with E-state index in [1.165, 1.54) is 6.42 Å². The van der Waals surface area contributed by atoms with E-state index in [2.05, 4.69) is 15.5 Å². The van der Waals surface area contributed by atoms with Gasteiger partial charge in [-0.05, 0) is 18.9 Å². The largest absolute Gasteiger partial charge is 0.396 e. The molecular formula is C16H21N3O2. The summed E-state index contributed by atoms with van der Waals surface area (Å²) in [7, 11) is 0. The number of fused-ring (bicyclic) bond motifs is 1. The van der Waals surface area contributed by atoms with Gasteiger partial charge in [0.15, 0.2) is 0 Å². The van der Waals surface area contributed by atoms with E-state index in [0.717, 1.165) is 36.6 Å². The Kier molecular flexibility index (Phi) is 4.20. The number of nitrogens with zero attached hydrogens (tertiary/aromatic N) is 1. The van der Waals surface area contributed by atoms with Gasteiger partial charge in [0.05, 0.1) is 17.3 Å². The first kappa shape index (κ1) is 14.1. The van der Waals surface area contributed by atoms with E-state index in [1.54, 1.807) is 12.3 Å². The number of carbonyl (C=O) groups excluding carboxylic acids is 1. The van der Waals surface area contributed by atoms with E-state index in [9.17, 15) is 9.90 Å². The Morgan fingerprint density at radius 2 is 2.19 bits per heavy atom. The third-order valence-corrected chi connectivity index (χ3v) is 4.43. The first-order valence-electron chi connectivity index (χ1n) is 7.63. The molecule has 112 valence electrons. The molecule has 2 unspecified atom stereocenters. The lowest BCUT2D eigenvalue weighted by molar-refractivity contribution is 0.0901. The predicted octanol–water partition coefficient (Wildman–Crippen LogP) is 2.23. The molecule has 1 aliphatic rings. The third kappa shape index (κ3) is 2.93. The van der Waals surface area contributed by atoms with Crippen LogP contribution in [0, 0.1) is 5.92 Å². The average molecular weight is 287 g/mol. The van der Waals surface area contributed by atoms with Gasteiger partial charge in [0.25, 0.3) is 5.91 Å². The highest BCUT2D eigenvalue weighted by Gasteiger charge is 2.25. The molecule has 1 aromatic carbocycles. The Morgan fingerprint density at radius 3 is 3.05 bits per heavy atom. The molecule has 2 atom stereocenters. The van der Waals surface area contributed by atoms with Gasteiger partial charge in [-0.3, -0.25) is 9.89 Å². The van der Waals surface area contributed by atoms with Gasteiger partial charge in [-0.25, -0.2) is 0 Å². The summed E-state index contributed by atoms with van der Waals surface area (Å²) in [6.07, 6.45) is 7.06. The van der Waals surface area contributed by atoms with Crippen LogP contribution in [0.25, 0.3) is 10.9 Å². The highest BCUT2D eigenvalue weighted by atomic mass is 16.3. The number of nitrogens with one attached hydrogen (secondary N) is 2. The zero-order chi connectivity index (χ0) is 14.7. The SMILES string of the molecule is O=C(NC1CCCCCC1CO)c1cccc2cn[nH]c12. The zero-order valence-corrected chi connectivity index (χ0v) is 12.0. The number of aliphatic hydroxyl groups is 1. The molecule has 0 radical (unpaired) electrons. The van der Waals surface area contributed by atoms with E-state index in [-0.39, 0.29) is 24.5 Å². The van der Waals surface area contributed by atoms with Gasteiger partial charge >= 0.3 is 0 Å². The lowest BCUT2D eigenvalue weighted by Gasteiger charge is -2.24. The summed E-state index contributed by atoms with van der Waals surface area (Å²) in [4.78, 5) is 12.6. The number of H-pyrrole nitrogens is 1. The second-order valence-electron chi connectivity index (χ2n) is 5.80. The van der Waals surface area contributed by atoms with Gasteiger partial charge in [0.2, 0.25) is 0 Å². The minimum absolute atomic E-state index is 0.0585. The lowest BCUT2D eigenvalue weighted by atomic mass is 9.95. The topological polar surface area (TPSA) is 78.0 Å². The number of hydrogen-bond acceptors (Lipinski definition) is 3. The number of rotatable bonds is 3. The van der Waals surface area contributed by atoms with Crippen molar-refractivity contribution >= 4 is 16.8 Å². The Bertz CT molecular complexity index is 623. The van der Waals surface area contributed by atoms with Crippen LogP contribution in [0.15, 0.2) is 24.4 Å². The highest BCUT2D eigenvalue weighted by Crippen LogP contribution is 2.24. The van der Waals surface area contributed by atoms with Crippen molar-refractivity contribution in [3.05, 3.63) is 30.0 Å². The van der Waals surface area contributed by atoms with Crippen molar-refractivity contribution in [2.75, 3.05) is 6.61 Å². The predicted molar refractivity (Wildman–Crippen MR) is 81.0 cm³/mol. The Balaban J connectivity index is 1.80. The molecule has 3 N–H and O–H groups in total. The van der Waals surface area contributed by atoms with E-state index in [1.807, 2.05) is 12.1 Å². The third-order valence-electron chi connectivity index (χ3n) is 4.43. The van der Waals surface area contributed by atoms with Gasteiger partial charge in [-0.1, -0.05) is 31.4 Å². The maximum absolute atomic E-state index is 12.6. The molecule has 1 amide bonds. The normalized spacial score (nSPS) is 22.9. The molecule has 2 aromatic rings. The summed E-state index contributed by atoms with van der Waals surface area (Å²) in [5, 5.41) is 20.5. The van der Waals surface area contributed by atoms with Gasteiger partial charge in [0.1, 0.15) is 0 Å². The number of aromatic amines is 1. The van der Waals surface area contributed by atoms with Crippen molar-refractivity contribution in [1.29, 1.82) is 0 Å². The summed E-state index contributed by atoms with van der Waals surface area (Å²) >= 11 is 0. The summed E-state index contributed by atoms with van der Waals surface area (Å²) in [5.41, 5.74) is 1.38. The minimum atomic E-state index is -0.0878. The van der Waals surface area contributed by atoms with E-state index >= 15 is 0 Å². The van der Waals surface area contributed by atoms with E-state index in [4.69, 9.17) is 0 Å². The highest BCUT2D eigenvalue weighted by molar-refractivity contribution is 6.05. The maximum atomic E-state index is 12.6. The fourth-order valence-electron chi connectivity index (χ4n) is 3.20. The molecule has 1 heterocycles. The van der Waals surface area contributed by atoms with Crippen LogP contribution in [-0.2, 0) is 0 Å². The summed E-state index contributed by atoms with van der Waals surface area (Å²) < 4.78 is 0. The van der Waals surface area contributed by atoms with Gasteiger partial charge in [0, 0.05) is 24.0 Å². The Morgan fingerprint density at radius 1 is 1.33 bits per heavy atom. The fourth-order valence-corrected chi connectivity index (χ4v) is 3.20. The Labute approximate surface area is 123 Å². The molecule has 0 spiro atoms. The minimum Gasteiger partial charge on any atom is -0.396 e. The van der Waals surface area contributed by atoms with E-state index < -0.39 is 0 Å². The van der Waals surface area contributed by atoms with Gasteiger partial charge < -0.3 is 10.4 Å². The monoisotopic (exact) mass is 287 g/mol. The van der Waals surface area contributed by atoms with Crippen LogP contribution in [0.4, 0.5) is 0 Å². The van der Waals surface area contributed by atoms with Crippen LogP contribution in [0.3, 0.4) is 0 Å². The first-order valence-corrected chi connectivity index (χ1v) is 7.63. The van der Waals surface area contributed by atoms with Crippen molar-refractivity contribution in [2.45, 2.75) is 38.1 Å².